The van der Waals surface area contributed by atoms with E-state index in [1.807, 2.05) is 13.0 Å². The van der Waals surface area contributed by atoms with Crippen molar-refractivity contribution in [3.63, 3.8) is 0 Å². The molecular weight excluding hydrogens is 188 g/mol. The van der Waals surface area contributed by atoms with Crippen molar-refractivity contribution in [2.75, 3.05) is 6.61 Å². The Balaban J connectivity index is 2.19. The number of hydrogen-bond acceptors (Lipinski definition) is 2. The average molecular weight is 210 g/mol. The molecule has 2 heteroatoms. The van der Waals surface area contributed by atoms with E-state index in [1.54, 1.807) is 0 Å². The van der Waals surface area contributed by atoms with Crippen LogP contribution in [-0.4, -0.2) is 12.6 Å². The second-order valence-electron chi connectivity index (χ2n) is 4.42. The molecule has 0 amide bonds. The van der Waals surface area contributed by atoms with Gasteiger partial charge < -0.3 is 4.74 Å². The Morgan fingerprint density at radius 3 is 2.47 bits per heavy atom. The largest absolute Gasteiger partial charge is 0.466 e. The lowest BCUT2D eigenvalue weighted by Gasteiger charge is -2.27. The van der Waals surface area contributed by atoms with Crippen molar-refractivity contribution in [3.05, 3.63) is 12.7 Å². The molecule has 86 valence electrons. The summed E-state index contributed by atoms with van der Waals surface area (Å²) in [5.74, 6) is 1.34. The zero-order chi connectivity index (χ0) is 11.1. The maximum absolute atomic E-state index is 11.3. The highest BCUT2D eigenvalue weighted by atomic mass is 16.5. The summed E-state index contributed by atoms with van der Waals surface area (Å²) in [7, 11) is 0. The molecule has 1 saturated carbocycles. The van der Waals surface area contributed by atoms with Gasteiger partial charge in [0.2, 0.25) is 0 Å². The molecule has 0 spiro atoms. The van der Waals surface area contributed by atoms with Crippen LogP contribution in [0.3, 0.4) is 0 Å². The fraction of sp³-hybridized carbons (Fsp3) is 0.769. The highest BCUT2D eigenvalue weighted by Crippen LogP contribution is 2.32. The van der Waals surface area contributed by atoms with Gasteiger partial charge in [0.1, 0.15) is 0 Å². The predicted molar refractivity (Wildman–Crippen MR) is 61.5 cm³/mol. The third kappa shape index (κ3) is 4.50. The van der Waals surface area contributed by atoms with Gasteiger partial charge in [-0.2, -0.15) is 0 Å². The molecule has 2 nitrogen and oxygen atoms in total. The van der Waals surface area contributed by atoms with Crippen molar-refractivity contribution in [1.82, 2.24) is 0 Å². The van der Waals surface area contributed by atoms with E-state index in [0.717, 1.165) is 12.3 Å². The summed E-state index contributed by atoms with van der Waals surface area (Å²) in [6.07, 6.45) is 8.61. The van der Waals surface area contributed by atoms with Gasteiger partial charge in [0.05, 0.1) is 6.61 Å². The summed E-state index contributed by atoms with van der Waals surface area (Å²) >= 11 is 0. The molecule has 15 heavy (non-hydrogen) atoms. The van der Waals surface area contributed by atoms with Crippen LogP contribution in [0, 0.1) is 11.8 Å². The summed E-state index contributed by atoms with van der Waals surface area (Å²) in [4.78, 5) is 11.3. The van der Waals surface area contributed by atoms with Crippen molar-refractivity contribution in [2.45, 2.75) is 45.4 Å². The predicted octanol–water partition coefficient (Wildman–Crippen LogP) is 3.32. The van der Waals surface area contributed by atoms with E-state index in [-0.39, 0.29) is 5.97 Å². The zero-order valence-corrected chi connectivity index (χ0v) is 9.71. The van der Waals surface area contributed by atoms with Gasteiger partial charge in [-0.15, -0.1) is 6.58 Å². The highest BCUT2D eigenvalue weighted by molar-refractivity contribution is 5.69. The molecule has 0 heterocycles. The Labute approximate surface area is 92.7 Å². The van der Waals surface area contributed by atoms with E-state index in [9.17, 15) is 4.79 Å². The molecule has 0 unspecified atom stereocenters. The SMILES string of the molecule is C=CC[C@H]1CC[C@H](CC(=O)OCC)CC1. The smallest absolute Gasteiger partial charge is 0.306 e. The number of ether oxygens (including phenoxy) is 1. The maximum Gasteiger partial charge on any atom is 0.306 e. The lowest BCUT2D eigenvalue weighted by atomic mass is 9.79. The first-order valence-electron chi connectivity index (χ1n) is 6.02. The standard InChI is InChI=1S/C13H22O2/c1-3-5-11-6-8-12(9-7-11)10-13(14)15-4-2/h3,11-12H,1,4-10H2,2H3/t11-,12-. The first kappa shape index (κ1) is 12.3. The third-order valence-electron chi connectivity index (χ3n) is 3.23. The lowest BCUT2D eigenvalue weighted by Crippen LogP contribution is -2.18. The summed E-state index contributed by atoms with van der Waals surface area (Å²) in [5.41, 5.74) is 0. The minimum atomic E-state index is -0.0235. The van der Waals surface area contributed by atoms with E-state index < -0.39 is 0 Å². The van der Waals surface area contributed by atoms with Crippen LogP contribution < -0.4 is 0 Å². The van der Waals surface area contributed by atoms with E-state index in [2.05, 4.69) is 6.58 Å². The molecule has 1 aliphatic rings. The number of esters is 1. The van der Waals surface area contributed by atoms with Crippen LogP contribution in [0.1, 0.15) is 45.4 Å². The van der Waals surface area contributed by atoms with Gasteiger partial charge >= 0.3 is 5.97 Å². The molecule has 0 N–H and O–H groups in total. The van der Waals surface area contributed by atoms with Crippen LogP contribution >= 0.6 is 0 Å². The second-order valence-corrected chi connectivity index (χ2v) is 4.42. The number of carbonyl (C=O) groups excluding carboxylic acids is 1. The molecular formula is C13H22O2. The van der Waals surface area contributed by atoms with E-state index in [1.165, 1.54) is 25.7 Å². The monoisotopic (exact) mass is 210 g/mol. The number of hydrogen-bond donors (Lipinski definition) is 0. The molecule has 0 bridgehead atoms. The molecule has 1 aliphatic carbocycles. The van der Waals surface area contributed by atoms with Gasteiger partial charge in [-0.05, 0) is 50.9 Å². The zero-order valence-electron chi connectivity index (χ0n) is 9.71. The van der Waals surface area contributed by atoms with Crippen molar-refractivity contribution >= 4 is 5.97 Å². The summed E-state index contributed by atoms with van der Waals surface area (Å²) in [6.45, 7) is 6.14. The van der Waals surface area contributed by atoms with Crippen molar-refractivity contribution < 1.29 is 9.53 Å². The number of allylic oxidation sites excluding steroid dienone is 1. The normalized spacial score (nSPS) is 25.9. The molecule has 0 aromatic rings. The van der Waals surface area contributed by atoms with Crippen LogP contribution in [0.5, 0.6) is 0 Å². The van der Waals surface area contributed by atoms with Crippen LogP contribution in [-0.2, 0) is 9.53 Å². The van der Waals surface area contributed by atoms with E-state index in [4.69, 9.17) is 4.74 Å². The highest BCUT2D eigenvalue weighted by Gasteiger charge is 2.22. The first-order chi connectivity index (χ1) is 7.26. The van der Waals surface area contributed by atoms with Crippen molar-refractivity contribution in [3.8, 4) is 0 Å². The van der Waals surface area contributed by atoms with Gasteiger partial charge in [-0.3, -0.25) is 4.79 Å². The fourth-order valence-electron chi connectivity index (χ4n) is 2.36. The molecule has 0 saturated heterocycles. The van der Waals surface area contributed by atoms with Crippen LogP contribution in [0.2, 0.25) is 0 Å². The Bertz CT molecular complexity index is 203. The van der Waals surface area contributed by atoms with Crippen molar-refractivity contribution in [1.29, 1.82) is 0 Å². The quantitative estimate of drug-likeness (QED) is 0.514. The molecule has 0 aliphatic heterocycles. The Kier molecular flexibility index (Phi) is 5.44. The molecule has 0 atom stereocenters. The summed E-state index contributed by atoms with van der Waals surface area (Å²) in [5, 5.41) is 0. The molecule has 1 fully saturated rings. The average Bonchev–Trinajstić information content (AvgIpc) is 2.22. The van der Waals surface area contributed by atoms with Crippen LogP contribution in [0.4, 0.5) is 0 Å². The Morgan fingerprint density at radius 1 is 1.33 bits per heavy atom. The van der Waals surface area contributed by atoms with Gasteiger partial charge in [0.25, 0.3) is 0 Å². The maximum atomic E-state index is 11.3. The minimum absolute atomic E-state index is 0.0235. The molecule has 0 aromatic heterocycles. The van der Waals surface area contributed by atoms with Crippen LogP contribution in [0.15, 0.2) is 12.7 Å². The van der Waals surface area contributed by atoms with Crippen LogP contribution in [0.25, 0.3) is 0 Å². The van der Waals surface area contributed by atoms with Gasteiger partial charge in [0.15, 0.2) is 0 Å². The molecule has 1 rings (SSSR count). The topological polar surface area (TPSA) is 26.3 Å². The third-order valence-corrected chi connectivity index (χ3v) is 3.23. The second kappa shape index (κ2) is 6.65. The molecule has 0 aromatic carbocycles. The Morgan fingerprint density at radius 2 is 1.93 bits per heavy atom. The van der Waals surface area contributed by atoms with Gasteiger partial charge in [-0.25, -0.2) is 0 Å². The van der Waals surface area contributed by atoms with E-state index >= 15 is 0 Å². The first-order valence-corrected chi connectivity index (χ1v) is 6.02. The summed E-state index contributed by atoms with van der Waals surface area (Å²) in [6, 6.07) is 0. The summed E-state index contributed by atoms with van der Waals surface area (Å²) < 4.78 is 4.96. The minimum Gasteiger partial charge on any atom is -0.466 e. The van der Waals surface area contributed by atoms with Gasteiger partial charge in [-0.1, -0.05) is 6.08 Å². The lowest BCUT2D eigenvalue weighted by molar-refractivity contribution is -0.144. The number of carbonyl (C=O) groups is 1. The Hall–Kier alpha value is -0.790. The van der Waals surface area contributed by atoms with Gasteiger partial charge in [0, 0.05) is 6.42 Å². The molecule has 0 radical (unpaired) electrons. The van der Waals surface area contributed by atoms with E-state index in [0.29, 0.717) is 18.9 Å². The number of rotatable bonds is 5. The van der Waals surface area contributed by atoms with Crippen molar-refractivity contribution in [2.24, 2.45) is 11.8 Å². The fourth-order valence-corrected chi connectivity index (χ4v) is 2.36.